The molecule has 0 spiro atoms. The maximum atomic E-state index is 13.2. The van der Waals surface area contributed by atoms with E-state index >= 15 is 0 Å². The van der Waals surface area contributed by atoms with E-state index in [4.69, 9.17) is 4.74 Å². The molecule has 32 heavy (non-hydrogen) atoms. The Morgan fingerprint density at radius 2 is 1.94 bits per heavy atom. The summed E-state index contributed by atoms with van der Waals surface area (Å²) in [6.07, 6.45) is -0.293. The molecule has 0 bridgehead atoms. The lowest BCUT2D eigenvalue weighted by molar-refractivity contribution is -0.136. The Hall–Kier alpha value is -3.05. The minimum absolute atomic E-state index is 0.0396. The van der Waals surface area contributed by atoms with E-state index in [0.29, 0.717) is 12.2 Å². The highest BCUT2D eigenvalue weighted by Crippen LogP contribution is 2.34. The first-order valence-electron chi connectivity index (χ1n) is 10.3. The van der Waals surface area contributed by atoms with Gasteiger partial charge in [-0.05, 0) is 31.9 Å². The van der Waals surface area contributed by atoms with Crippen LogP contribution in [0.2, 0.25) is 0 Å². The van der Waals surface area contributed by atoms with Crippen molar-refractivity contribution in [2.45, 2.75) is 44.4 Å². The number of aromatic nitrogens is 4. The van der Waals surface area contributed by atoms with Crippen molar-refractivity contribution in [3.63, 3.8) is 0 Å². The van der Waals surface area contributed by atoms with Gasteiger partial charge in [0, 0.05) is 24.5 Å². The standard InChI is InChI=1S/C21H25N5O5S/c1-13(2)31-19-8-9-20(23-22-19)32(29,30)25-11-14(3)18(12-25)26-17-7-5-4-6-15(17)16(24-26)10-21(27)28/h4-9,13-14,18H,10-12H2,1-3H3,(H,27,28)/t14-,18+/m1/s1. The van der Waals surface area contributed by atoms with Gasteiger partial charge in [-0.1, -0.05) is 25.1 Å². The van der Waals surface area contributed by atoms with Crippen molar-refractivity contribution < 1.29 is 23.1 Å². The van der Waals surface area contributed by atoms with E-state index in [9.17, 15) is 18.3 Å². The zero-order chi connectivity index (χ0) is 23.0. The molecule has 1 aliphatic heterocycles. The molecule has 0 radical (unpaired) electrons. The second-order valence-electron chi connectivity index (χ2n) is 8.22. The molecule has 170 valence electrons. The van der Waals surface area contributed by atoms with Crippen molar-refractivity contribution in [2.24, 2.45) is 5.92 Å². The molecule has 1 aromatic carbocycles. The van der Waals surface area contributed by atoms with Gasteiger partial charge in [0.15, 0.2) is 5.03 Å². The molecule has 10 nitrogen and oxygen atoms in total. The predicted molar refractivity (Wildman–Crippen MR) is 116 cm³/mol. The van der Waals surface area contributed by atoms with Crippen LogP contribution in [0.3, 0.4) is 0 Å². The molecule has 0 saturated carbocycles. The van der Waals surface area contributed by atoms with Crippen molar-refractivity contribution in [3.05, 3.63) is 42.1 Å². The first-order valence-corrected chi connectivity index (χ1v) is 11.8. The Bertz CT molecular complexity index is 1240. The van der Waals surface area contributed by atoms with E-state index in [2.05, 4.69) is 15.3 Å². The molecule has 0 aliphatic carbocycles. The first kappa shape index (κ1) is 22.2. The number of hydrogen-bond acceptors (Lipinski definition) is 7. The van der Waals surface area contributed by atoms with E-state index in [1.807, 2.05) is 45.0 Å². The second-order valence-corrected chi connectivity index (χ2v) is 10.1. The van der Waals surface area contributed by atoms with Crippen LogP contribution >= 0.6 is 0 Å². The summed E-state index contributed by atoms with van der Waals surface area (Å²) in [7, 11) is -3.85. The smallest absolute Gasteiger partial charge is 0.309 e. The van der Waals surface area contributed by atoms with E-state index < -0.39 is 16.0 Å². The molecule has 0 unspecified atom stereocenters. The Morgan fingerprint density at radius 3 is 2.59 bits per heavy atom. The molecule has 1 saturated heterocycles. The van der Waals surface area contributed by atoms with E-state index in [1.54, 1.807) is 4.68 Å². The molecular formula is C21H25N5O5S. The number of hydrogen-bond donors (Lipinski definition) is 1. The molecule has 2 atom stereocenters. The highest BCUT2D eigenvalue weighted by atomic mass is 32.2. The van der Waals surface area contributed by atoms with Crippen molar-refractivity contribution in [1.29, 1.82) is 0 Å². The zero-order valence-corrected chi connectivity index (χ0v) is 18.9. The summed E-state index contributed by atoms with van der Waals surface area (Å²) < 4.78 is 34.9. The lowest BCUT2D eigenvalue weighted by Gasteiger charge is -2.17. The van der Waals surface area contributed by atoms with Gasteiger partial charge in [-0.25, -0.2) is 8.42 Å². The molecule has 1 fully saturated rings. The van der Waals surface area contributed by atoms with Crippen molar-refractivity contribution in [2.75, 3.05) is 13.1 Å². The summed E-state index contributed by atoms with van der Waals surface area (Å²) >= 11 is 0. The van der Waals surface area contributed by atoms with Crippen molar-refractivity contribution in [1.82, 2.24) is 24.3 Å². The molecule has 4 rings (SSSR count). The van der Waals surface area contributed by atoms with Crippen LogP contribution in [0, 0.1) is 5.92 Å². The number of carboxylic acids is 1. The van der Waals surface area contributed by atoms with Crippen molar-refractivity contribution in [3.8, 4) is 5.88 Å². The number of nitrogens with zero attached hydrogens (tertiary/aromatic N) is 5. The fourth-order valence-corrected chi connectivity index (χ4v) is 5.41. The average Bonchev–Trinajstić information content (AvgIpc) is 3.29. The maximum absolute atomic E-state index is 13.2. The van der Waals surface area contributed by atoms with Gasteiger partial charge in [-0.2, -0.15) is 9.40 Å². The summed E-state index contributed by atoms with van der Waals surface area (Å²) in [5, 5.41) is 22.2. The van der Waals surface area contributed by atoms with Crippen LogP contribution in [-0.2, 0) is 21.2 Å². The largest absolute Gasteiger partial charge is 0.481 e. The van der Waals surface area contributed by atoms with E-state index in [-0.39, 0.29) is 41.9 Å². The average molecular weight is 460 g/mol. The molecule has 11 heteroatoms. The number of ether oxygens (including phenoxy) is 1. The van der Waals surface area contributed by atoms with Gasteiger partial charge in [-0.3, -0.25) is 9.48 Å². The zero-order valence-electron chi connectivity index (χ0n) is 18.0. The SMILES string of the molecule is CC(C)Oc1ccc(S(=O)(=O)N2C[C@@H](C)[C@@H](n3nc(CC(=O)O)c4ccccc43)C2)nn1. The molecule has 3 heterocycles. The van der Waals surface area contributed by atoms with Gasteiger partial charge < -0.3 is 9.84 Å². The van der Waals surface area contributed by atoms with Gasteiger partial charge in [0.1, 0.15) is 0 Å². The summed E-state index contributed by atoms with van der Waals surface area (Å²) in [5.74, 6) is -0.740. The fourth-order valence-electron chi connectivity index (χ4n) is 3.98. The third-order valence-corrected chi connectivity index (χ3v) is 7.16. The molecule has 2 aromatic heterocycles. The van der Waals surface area contributed by atoms with Crippen LogP contribution in [0.25, 0.3) is 10.9 Å². The summed E-state index contributed by atoms with van der Waals surface area (Å²) in [6, 6.07) is 10.0. The summed E-state index contributed by atoms with van der Waals surface area (Å²) in [4.78, 5) is 11.3. The number of para-hydroxylation sites is 1. The van der Waals surface area contributed by atoms with Crippen LogP contribution in [0.4, 0.5) is 0 Å². The fraction of sp³-hybridized carbons (Fsp3) is 0.429. The highest BCUT2D eigenvalue weighted by molar-refractivity contribution is 7.89. The van der Waals surface area contributed by atoms with Gasteiger partial charge >= 0.3 is 5.97 Å². The van der Waals surface area contributed by atoms with Gasteiger partial charge in [0.2, 0.25) is 5.88 Å². The molecular weight excluding hydrogens is 434 g/mol. The number of rotatable bonds is 7. The second kappa shape index (κ2) is 8.47. The topological polar surface area (TPSA) is 128 Å². The predicted octanol–water partition coefficient (Wildman–Crippen LogP) is 2.12. The molecule has 1 aliphatic rings. The maximum Gasteiger partial charge on any atom is 0.309 e. The van der Waals surface area contributed by atoms with Crippen LogP contribution in [0.1, 0.15) is 32.5 Å². The Balaban J connectivity index is 1.62. The monoisotopic (exact) mass is 459 g/mol. The third kappa shape index (κ3) is 4.17. The Kier molecular flexibility index (Phi) is 5.87. The van der Waals surface area contributed by atoms with Gasteiger partial charge in [0.25, 0.3) is 10.0 Å². The van der Waals surface area contributed by atoms with Crippen molar-refractivity contribution >= 4 is 26.9 Å². The number of aliphatic carboxylic acids is 1. The highest BCUT2D eigenvalue weighted by Gasteiger charge is 2.40. The molecule has 0 amide bonds. The van der Waals surface area contributed by atoms with Gasteiger partial charge in [0.05, 0.1) is 29.8 Å². The minimum Gasteiger partial charge on any atom is -0.481 e. The number of benzene rings is 1. The lowest BCUT2D eigenvalue weighted by Crippen LogP contribution is -2.30. The Labute approximate surface area is 185 Å². The van der Waals surface area contributed by atoms with Crippen LogP contribution in [-0.4, -0.2) is 63.0 Å². The number of carbonyl (C=O) groups is 1. The van der Waals surface area contributed by atoms with Gasteiger partial charge in [-0.15, -0.1) is 10.2 Å². The van der Waals surface area contributed by atoms with Crippen LogP contribution in [0.15, 0.2) is 41.4 Å². The van der Waals surface area contributed by atoms with E-state index in [0.717, 1.165) is 10.9 Å². The molecule has 1 N–H and O–H groups in total. The quantitative estimate of drug-likeness (QED) is 0.569. The molecule has 3 aromatic rings. The number of fused-ring (bicyclic) bond motifs is 1. The van der Waals surface area contributed by atoms with Crippen LogP contribution in [0.5, 0.6) is 5.88 Å². The third-order valence-electron chi connectivity index (χ3n) is 5.44. The lowest BCUT2D eigenvalue weighted by atomic mass is 10.1. The van der Waals surface area contributed by atoms with Crippen LogP contribution < -0.4 is 4.74 Å². The first-order chi connectivity index (χ1) is 15.2. The summed E-state index contributed by atoms with van der Waals surface area (Å²) in [5.41, 5.74) is 1.25. The minimum atomic E-state index is -3.85. The number of carboxylic acid groups (broad SMARTS) is 1. The normalized spacial score (nSPS) is 19.6. The van der Waals surface area contributed by atoms with E-state index in [1.165, 1.54) is 16.4 Å². The Morgan fingerprint density at radius 1 is 1.19 bits per heavy atom. The summed E-state index contributed by atoms with van der Waals surface area (Å²) in [6.45, 7) is 6.14. The number of sulfonamides is 1.